The molecule has 0 amide bonds. The minimum Gasteiger partial charge on any atom is -0.491 e. The average Bonchev–Trinajstić information content (AvgIpc) is 3.02. The van der Waals surface area contributed by atoms with E-state index in [2.05, 4.69) is 9.88 Å². The summed E-state index contributed by atoms with van der Waals surface area (Å²) in [5, 5.41) is 5.05. The largest absolute Gasteiger partial charge is 0.491 e. The third kappa shape index (κ3) is 3.80. The van der Waals surface area contributed by atoms with E-state index in [1.54, 1.807) is 6.07 Å². The maximum absolute atomic E-state index is 11.5. The van der Waals surface area contributed by atoms with Crippen molar-refractivity contribution in [1.29, 1.82) is 0 Å². The first-order chi connectivity index (χ1) is 11.0. The Morgan fingerprint density at radius 2 is 2.04 bits per heavy atom. The molecule has 0 spiro atoms. The third-order valence-corrected chi connectivity index (χ3v) is 4.71. The Balaban J connectivity index is 1.74. The highest BCUT2D eigenvalue weighted by Gasteiger charge is 2.26. The van der Waals surface area contributed by atoms with E-state index in [0.717, 1.165) is 30.8 Å². The Morgan fingerprint density at radius 1 is 1.26 bits per heavy atom. The van der Waals surface area contributed by atoms with Crippen LogP contribution in [0.1, 0.15) is 12.8 Å². The van der Waals surface area contributed by atoms with Crippen LogP contribution in [0.4, 0.5) is 5.69 Å². The summed E-state index contributed by atoms with van der Waals surface area (Å²) in [6.45, 7) is 1.41. The predicted molar refractivity (Wildman–Crippen MR) is 87.9 cm³/mol. The van der Waals surface area contributed by atoms with Gasteiger partial charge in [0, 0.05) is 24.5 Å². The molecule has 1 aliphatic heterocycles. The van der Waals surface area contributed by atoms with Crippen LogP contribution in [-0.4, -0.2) is 32.6 Å². The number of rotatable bonds is 5. The van der Waals surface area contributed by atoms with Gasteiger partial charge in [0.2, 0.25) is 0 Å². The van der Waals surface area contributed by atoms with Crippen LogP contribution in [-0.2, 0) is 10.0 Å². The van der Waals surface area contributed by atoms with Crippen LogP contribution >= 0.6 is 0 Å². The number of sulfonamides is 1. The number of nitrogens with zero attached hydrogens (tertiary/aromatic N) is 2. The number of ether oxygens (including phenoxy) is 1. The molecule has 0 bridgehead atoms. The lowest BCUT2D eigenvalue weighted by Gasteiger charge is -2.27. The Hall–Kier alpha value is -2.12. The van der Waals surface area contributed by atoms with Crippen molar-refractivity contribution in [3.05, 3.63) is 48.7 Å². The SMILES string of the molecule is NS(=O)(=O)c1cc(N2CCC[C@H]2COc2ccccc2)ccn1. The number of nitrogens with two attached hydrogens (primary N) is 1. The minimum absolute atomic E-state index is 0.107. The zero-order valence-electron chi connectivity index (χ0n) is 12.6. The molecular formula is C16H19N3O3S. The summed E-state index contributed by atoms with van der Waals surface area (Å²) in [5.41, 5.74) is 0.809. The third-order valence-electron chi connectivity index (χ3n) is 3.90. The molecule has 1 aromatic carbocycles. The van der Waals surface area contributed by atoms with Gasteiger partial charge in [-0.25, -0.2) is 18.5 Å². The molecule has 1 aliphatic rings. The fraction of sp³-hybridized carbons (Fsp3) is 0.312. The van der Waals surface area contributed by atoms with Gasteiger partial charge >= 0.3 is 0 Å². The van der Waals surface area contributed by atoms with Crippen LogP contribution in [0, 0.1) is 0 Å². The molecule has 23 heavy (non-hydrogen) atoms. The molecule has 1 fully saturated rings. The smallest absolute Gasteiger partial charge is 0.255 e. The van der Waals surface area contributed by atoms with Gasteiger partial charge in [0.25, 0.3) is 10.0 Å². The van der Waals surface area contributed by atoms with E-state index in [4.69, 9.17) is 9.88 Å². The predicted octanol–water partition coefficient (Wildman–Crippen LogP) is 1.78. The van der Waals surface area contributed by atoms with Crippen molar-refractivity contribution in [3.8, 4) is 5.75 Å². The number of hydrogen-bond donors (Lipinski definition) is 1. The van der Waals surface area contributed by atoms with E-state index in [-0.39, 0.29) is 11.1 Å². The molecule has 1 atom stereocenters. The number of pyridine rings is 1. The van der Waals surface area contributed by atoms with Crippen LogP contribution in [0.15, 0.2) is 53.7 Å². The van der Waals surface area contributed by atoms with Gasteiger partial charge in [-0.15, -0.1) is 0 Å². The van der Waals surface area contributed by atoms with Crippen molar-refractivity contribution in [2.75, 3.05) is 18.1 Å². The molecule has 7 heteroatoms. The fourth-order valence-electron chi connectivity index (χ4n) is 2.79. The zero-order valence-corrected chi connectivity index (χ0v) is 13.4. The van der Waals surface area contributed by atoms with Gasteiger partial charge in [-0.1, -0.05) is 18.2 Å². The Morgan fingerprint density at radius 3 is 2.78 bits per heavy atom. The molecule has 0 saturated carbocycles. The summed E-state index contributed by atoms with van der Waals surface area (Å²) < 4.78 is 28.8. The molecule has 0 unspecified atom stereocenters. The Bertz CT molecular complexity index is 765. The second-order valence-corrected chi connectivity index (χ2v) is 7.02. The molecule has 6 nitrogen and oxygen atoms in total. The summed E-state index contributed by atoms with van der Waals surface area (Å²) in [6, 6.07) is 13.2. The van der Waals surface area contributed by atoms with E-state index in [9.17, 15) is 8.42 Å². The van der Waals surface area contributed by atoms with Gasteiger partial charge in [0.15, 0.2) is 5.03 Å². The van der Waals surface area contributed by atoms with Gasteiger partial charge in [0.1, 0.15) is 12.4 Å². The summed E-state index contributed by atoms with van der Waals surface area (Å²) >= 11 is 0. The number of hydrogen-bond acceptors (Lipinski definition) is 5. The molecule has 0 radical (unpaired) electrons. The highest BCUT2D eigenvalue weighted by Crippen LogP contribution is 2.27. The highest BCUT2D eigenvalue weighted by molar-refractivity contribution is 7.89. The highest BCUT2D eigenvalue weighted by atomic mass is 32.2. The zero-order chi connectivity index (χ0) is 16.3. The molecule has 1 aromatic heterocycles. The van der Waals surface area contributed by atoms with Crippen molar-refractivity contribution in [2.24, 2.45) is 5.14 Å². The summed E-state index contributed by atoms with van der Waals surface area (Å²) in [6.07, 6.45) is 3.51. The normalized spacial score (nSPS) is 18.1. The molecule has 2 aromatic rings. The minimum atomic E-state index is -3.80. The van der Waals surface area contributed by atoms with E-state index in [1.807, 2.05) is 30.3 Å². The fourth-order valence-corrected chi connectivity index (χ4v) is 3.28. The van der Waals surface area contributed by atoms with Gasteiger partial charge in [-0.2, -0.15) is 0 Å². The van der Waals surface area contributed by atoms with E-state index >= 15 is 0 Å². The lowest BCUT2D eigenvalue weighted by atomic mass is 10.2. The summed E-state index contributed by atoms with van der Waals surface area (Å²) in [4.78, 5) is 5.98. The first-order valence-corrected chi connectivity index (χ1v) is 9.02. The number of para-hydroxylation sites is 1. The summed E-state index contributed by atoms with van der Waals surface area (Å²) in [5.74, 6) is 0.833. The van der Waals surface area contributed by atoms with Crippen molar-refractivity contribution in [1.82, 2.24) is 4.98 Å². The van der Waals surface area contributed by atoms with Gasteiger partial charge < -0.3 is 9.64 Å². The Kier molecular flexibility index (Phi) is 4.49. The standard InChI is InChI=1S/C16H19N3O3S/c17-23(20,21)16-11-13(8-9-18-16)19-10-4-5-14(19)12-22-15-6-2-1-3-7-15/h1-3,6-9,11,14H,4-5,10,12H2,(H2,17,20,21)/t14-/m0/s1. The van der Waals surface area contributed by atoms with E-state index < -0.39 is 10.0 Å². The number of primary sulfonamides is 1. The Labute approximate surface area is 136 Å². The van der Waals surface area contributed by atoms with Gasteiger partial charge in [0.05, 0.1) is 6.04 Å². The van der Waals surface area contributed by atoms with Gasteiger partial charge in [-0.3, -0.25) is 0 Å². The molecule has 0 aliphatic carbocycles. The second-order valence-electron chi connectivity index (χ2n) is 5.51. The number of benzene rings is 1. The van der Waals surface area contributed by atoms with Crippen LogP contribution < -0.4 is 14.8 Å². The number of aromatic nitrogens is 1. The second kappa shape index (κ2) is 6.55. The quantitative estimate of drug-likeness (QED) is 0.901. The van der Waals surface area contributed by atoms with Crippen LogP contribution in [0.25, 0.3) is 0 Å². The maximum atomic E-state index is 11.5. The van der Waals surface area contributed by atoms with Crippen LogP contribution in [0.2, 0.25) is 0 Å². The molecule has 3 rings (SSSR count). The van der Waals surface area contributed by atoms with Crippen molar-refractivity contribution in [2.45, 2.75) is 23.9 Å². The van der Waals surface area contributed by atoms with Crippen molar-refractivity contribution in [3.63, 3.8) is 0 Å². The molecule has 1 saturated heterocycles. The average molecular weight is 333 g/mol. The van der Waals surface area contributed by atoms with Gasteiger partial charge in [-0.05, 0) is 31.0 Å². The first-order valence-electron chi connectivity index (χ1n) is 7.47. The first kappa shape index (κ1) is 15.8. The molecular weight excluding hydrogens is 314 g/mol. The van der Waals surface area contributed by atoms with Crippen LogP contribution in [0.3, 0.4) is 0 Å². The monoisotopic (exact) mass is 333 g/mol. The topological polar surface area (TPSA) is 85.5 Å². The lowest BCUT2D eigenvalue weighted by Crippen LogP contribution is -2.34. The van der Waals surface area contributed by atoms with Crippen LogP contribution in [0.5, 0.6) is 5.75 Å². The van der Waals surface area contributed by atoms with E-state index in [0.29, 0.717) is 6.61 Å². The molecule has 2 N–H and O–H groups in total. The van der Waals surface area contributed by atoms with E-state index in [1.165, 1.54) is 12.3 Å². The molecule has 122 valence electrons. The molecule has 2 heterocycles. The lowest BCUT2D eigenvalue weighted by molar-refractivity contribution is 0.288. The van der Waals surface area contributed by atoms with Crippen molar-refractivity contribution < 1.29 is 13.2 Å². The number of anilines is 1. The summed E-state index contributed by atoms with van der Waals surface area (Å²) in [7, 11) is -3.80. The maximum Gasteiger partial charge on any atom is 0.255 e. The van der Waals surface area contributed by atoms with Crippen molar-refractivity contribution >= 4 is 15.7 Å².